The standard InChI is InChI=1S/C15H22ClN3O5/c1-14(2,3)23-12(20)19(13(21)24-15(4,5)6)10-9(22-7)8-17-11(16)18-10/h8H,1-7H3. The van der Waals surface area contributed by atoms with Gasteiger partial charge in [0.25, 0.3) is 0 Å². The third kappa shape index (κ3) is 5.84. The molecular weight excluding hydrogens is 338 g/mol. The molecule has 24 heavy (non-hydrogen) atoms. The van der Waals surface area contributed by atoms with Gasteiger partial charge in [-0.25, -0.2) is 14.6 Å². The van der Waals surface area contributed by atoms with E-state index >= 15 is 0 Å². The monoisotopic (exact) mass is 359 g/mol. The summed E-state index contributed by atoms with van der Waals surface area (Å²) in [5.41, 5.74) is -1.66. The highest BCUT2D eigenvalue weighted by Gasteiger charge is 2.35. The molecule has 2 amide bonds. The maximum Gasteiger partial charge on any atom is 0.425 e. The van der Waals surface area contributed by atoms with E-state index in [2.05, 4.69) is 9.97 Å². The minimum absolute atomic E-state index is 0.0659. The van der Waals surface area contributed by atoms with Crippen LogP contribution < -0.4 is 9.64 Å². The molecule has 1 rings (SSSR count). The maximum atomic E-state index is 12.5. The van der Waals surface area contributed by atoms with E-state index < -0.39 is 23.4 Å². The molecule has 1 aromatic rings. The van der Waals surface area contributed by atoms with Crippen LogP contribution in [-0.4, -0.2) is 40.5 Å². The lowest BCUT2D eigenvalue weighted by Crippen LogP contribution is -2.44. The predicted molar refractivity (Wildman–Crippen MR) is 88.5 cm³/mol. The highest BCUT2D eigenvalue weighted by molar-refractivity contribution is 6.28. The Bertz CT molecular complexity index is 595. The lowest BCUT2D eigenvalue weighted by Gasteiger charge is -2.28. The van der Waals surface area contributed by atoms with E-state index in [1.54, 1.807) is 41.5 Å². The molecule has 8 nitrogen and oxygen atoms in total. The summed E-state index contributed by atoms with van der Waals surface area (Å²) >= 11 is 5.78. The first kappa shape index (κ1) is 20.0. The van der Waals surface area contributed by atoms with Gasteiger partial charge in [0, 0.05) is 0 Å². The Labute approximate surface area is 146 Å². The molecule has 0 aromatic carbocycles. The Morgan fingerprint density at radius 2 is 1.50 bits per heavy atom. The summed E-state index contributed by atoms with van der Waals surface area (Å²) in [4.78, 5) is 33.3. The van der Waals surface area contributed by atoms with Crippen LogP contribution >= 0.6 is 11.6 Å². The lowest BCUT2D eigenvalue weighted by atomic mass is 10.2. The van der Waals surface area contributed by atoms with Crippen LogP contribution in [0.4, 0.5) is 15.4 Å². The van der Waals surface area contributed by atoms with Crippen LogP contribution in [0.15, 0.2) is 6.20 Å². The van der Waals surface area contributed by atoms with E-state index in [1.807, 2.05) is 0 Å². The number of amides is 2. The van der Waals surface area contributed by atoms with E-state index in [9.17, 15) is 9.59 Å². The Hall–Kier alpha value is -2.09. The van der Waals surface area contributed by atoms with Gasteiger partial charge in [0.15, 0.2) is 11.6 Å². The van der Waals surface area contributed by atoms with Gasteiger partial charge in [0.1, 0.15) is 11.2 Å². The second-order valence-electron chi connectivity index (χ2n) is 6.83. The molecule has 0 N–H and O–H groups in total. The number of methoxy groups -OCH3 is 1. The van der Waals surface area contributed by atoms with Crippen LogP contribution in [0.3, 0.4) is 0 Å². The number of hydrogen-bond donors (Lipinski definition) is 0. The van der Waals surface area contributed by atoms with Crippen molar-refractivity contribution >= 4 is 29.6 Å². The van der Waals surface area contributed by atoms with Crippen LogP contribution in [0.1, 0.15) is 41.5 Å². The molecule has 0 radical (unpaired) electrons. The second kappa shape index (κ2) is 7.21. The number of carbonyl (C=O) groups is 2. The average Bonchev–Trinajstić information content (AvgIpc) is 2.34. The van der Waals surface area contributed by atoms with Crippen molar-refractivity contribution in [1.82, 2.24) is 9.97 Å². The second-order valence-corrected chi connectivity index (χ2v) is 7.17. The summed E-state index contributed by atoms with van der Waals surface area (Å²) in [6, 6.07) is 0. The molecule has 1 heterocycles. The van der Waals surface area contributed by atoms with E-state index in [0.29, 0.717) is 4.90 Å². The largest absolute Gasteiger partial charge is 0.491 e. The Morgan fingerprint density at radius 3 is 1.88 bits per heavy atom. The summed E-state index contributed by atoms with van der Waals surface area (Å²) in [5, 5.41) is -0.164. The Morgan fingerprint density at radius 1 is 1.04 bits per heavy atom. The van der Waals surface area contributed by atoms with E-state index in [-0.39, 0.29) is 16.9 Å². The van der Waals surface area contributed by atoms with Crippen molar-refractivity contribution in [2.24, 2.45) is 0 Å². The highest BCUT2D eigenvalue weighted by Crippen LogP contribution is 2.29. The number of carbonyl (C=O) groups excluding carboxylic acids is 2. The molecule has 134 valence electrons. The quantitative estimate of drug-likeness (QED) is 0.741. The number of anilines is 1. The molecule has 0 saturated carbocycles. The van der Waals surface area contributed by atoms with Gasteiger partial charge < -0.3 is 14.2 Å². The third-order valence-corrected chi connectivity index (χ3v) is 2.47. The zero-order valence-electron chi connectivity index (χ0n) is 14.8. The van der Waals surface area contributed by atoms with Crippen LogP contribution in [0.25, 0.3) is 0 Å². The molecule has 1 aromatic heterocycles. The van der Waals surface area contributed by atoms with Gasteiger partial charge in [0.05, 0.1) is 13.3 Å². The zero-order valence-corrected chi connectivity index (χ0v) is 15.6. The fourth-order valence-electron chi connectivity index (χ4n) is 1.51. The molecule has 0 saturated heterocycles. The maximum absolute atomic E-state index is 12.5. The molecule has 0 spiro atoms. The lowest BCUT2D eigenvalue weighted by molar-refractivity contribution is 0.0427. The van der Waals surface area contributed by atoms with Gasteiger partial charge in [-0.15, -0.1) is 0 Å². The van der Waals surface area contributed by atoms with Crippen molar-refractivity contribution in [3.63, 3.8) is 0 Å². The molecule has 0 aliphatic carbocycles. The van der Waals surface area contributed by atoms with Crippen molar-refractivity contribution in [3.8, 4) is 5.75 Å². The fraction of sp³-hybridized carbons (Fsp3) is 0.600. The smallest absolute Gasteiger partial charge is 0.425 e. The number of hydrogen-bond acceptors (Lipinski definition) is 7. The Kier molecular flexibility index (Phi) is 5.99. The molecule has 0 unspecified atom stereocenters. The number of rotatable bonds is 2. The van der Waals surface area contributed by atoms with E-state index in [1.165, 1.54) is 13.3 Å². The summed E-state index contributed by atoms with van der Waals surface area (Å²) in [5.74, 6) is -0.0999. The molecule has 0 aliphatic rings. The molecule has 0 fully saturated rings. The minimum Gasteiger partial charge on any atom is -0.491 e. The van der Waals surface area contributed by atoms with E-state index in [4.69, 9.17) is 25.8 Å². The van der Waals surface area contributed by atoms with Crippen molar-refractivity contribution in [2.75, 3.05) is 12.0 Å². The van der Waals surface area contributed by atoms with Gasteiger partial charge in [-0.05, 0) is 53.1 Å². The van der Waals surface area contributed by atoms with Gasteiger partial charge in [-0.1, -0.05) is 0 Å². The molecular formula is C15H22ClN3O5. The number of imide groups is 1. The normalized spacial score (nSPS) is 11.7. The van der Waals surface area contributed by atoms with Crippen molar-refractivity contribution in [1.29, 1.82) is 0 Å². The summed E-state index contributed by atoms with van der Waals surface area (Å²) < 4.78 is 15.6. The van der Waals surface area contributed by atoms with Crippen LogP contribution in [0.2, 0.25) is 5.28 Å². The number of ether oxygens (including phenoxy) is 3. The van der Waals surface area contributed by atoms with E-state index in [0.717, 1.165) is 0 Å². The van der Waals surface area contributed by atoms with Crippen LogP contribution in [0.5, 0.6) is 5.75 Å². The van der Waals surface area contributed by atoms with Crippen molar-refractivity contribution < 1.29 is 23.8 Å². The first-order chi connectivity index (χ1) is 10.8. The number of aromatic nitrogens is 2. The zero-order chi connectivity index (χ0) is 18.7. The SMILES string of the molecule is COc1cnc(Cl)nc1N(C(=O)OC(C)(C)C)C(=O)OC(C)(C)C. The molecule has 0 aliphatic heterocycles. The highest BCUT2D eigenvalue weighted by atomic mass is 35.5. The van der Waals surface area contributed by atoms with Gasteiger partial charge in [-0.3, -0.25) is 0 Å². The first-order valence-corrected chi connectivity index (χ1v) is 7.54. The third-order valence-electron chi connectivity index (χ3n) is 2.29. The number of halogens is 1. The minimum atomic E-state index is -0.968. The molecule has 0 bridgehead atoms. The topological polar surface area (TPSA) is 90.9 Å². The summed E-state index contributed by atoms with van der Waals surface area (Å²) in [6.07, 6.45) is -0.693. The average molecular weight is 360 g/mol. The van der Waals surface area contributed by atoms with Gasteiger partial charge >= 0.3 is 12.2 Å². The number of nitrogens with zero attached hydrogens (tertiary/aromatic N) is 3. The van der Waals surface area contributed by atoms with Gasteiger partial charge in [0.2, 0.25) is 5.28 Å². The van der Waals surface area contributed by atoms with Gasteiger partial charge in [-0.2, -0.15) is 9.88 Å². The van der Waals surface area contributed by atoms with Crippen molar-refractivity contribution in [2.45, 2.75) is 52.7 Å². The Balaban J connectivity index is 3.35. The molecule has 0 atom stereocenters. The predicted octanol–water partition coefficient (Wildman–Crippen LogP) is 3.82. The van der Waals surface area contributed by atoms with Crippen LogP contribution in [0, 0.1) is 0 Å². The fourth-order valence-corrected chi connectivity index (χ4v) is 1.64. The summed E-state index contributed by atoms with van der Waals surface area (Å²) in [7, 11) is 1.35. The van der Waals surface area contributed by atoms with Crippen LogP contribution in [-0.2, 0) is 9.47 Å². The van der Waals surface area contributed by atoms with Crippen molar-refractivity contribution in [3.05, 3.63) is 11.5 Å². The molecule has 9 heteroatoms. The first-order valence-electron chi connectivity index (χ1n) is 7.16. The summed E-state index contributed by atoms with van der Waals surface area (Å²) in [6.45, 7) is 10.0.